The van der Waals surface area contributed by atoms with Crippen LogP contribution in [0, 0.1) is 12.7 Å². The number of ketones is 1. The zero-order valence-corrected chi connectivity index (χ0v) is 17.9. The van der Waals surface area contributed by atoms with Gasteiger partial charge in [0.25, 0.3) is 0 Å². The van der Waals surface area contributed by atoms with Crippen molar-refractivity contribution < 1.29 is 23.4 Å². The number of Topliss-reactive ketones (excluding diaryl/α,β-unsaturated/α-hetero) is 1. The van der Waals surface area contributed by atoms with Crippen LogP contribution in [0.25, 0.3) is 6.08 Å². The normalized spacial score (nSPS) is 16.3. The average Bonchev–Trinajstić information content (AvgIpc) is 3.11. The number of halogens is 1. The van der Waals surface area contributed by atoms with Crippen LogP contribution in [0.5, 0.6) is 17.2 Å². The first-order chi connectivity index (χ1) is 15.5. The minimum absolute atomic E-state index is 0.112. The van der Waals surface area contributed by atoms with E-state index in [1.165, 1.54) is 12.1 Å². The first-order valence-corrected chi connectivity index (χ1v) is 10.4. The van der Waals surface area contributed by atoms with Gasteiger partial charge >= 0.3 is 0 Å². The number of allylic oxidation sites excluding steroid dienone is 1. The van der Waals surface area contributed by atoms with Crippen molar-refractivity contribution in [3.63, 3.8) is 0 Å². The van der Waals surface area contributed by atoms with Crippen LogP contribution in [0.15, 0.2) is 60.4 Å². The van der Waals surface area contributed by atoms with E-state index in [4.69, 9.17) is 14.2 Å². The molecule has 0 aliphatic carbocycles. The standard InChI is InChI=1S/C26H22FNO4/c1-16-25-19(14-28(15-31-25)13-18-8-4-6-10-22(18)30-2)11-20-24(29)23(32-26(16)20)12-17-7-3-5-9-21(17)27/h3-12H,13-15H2,1-2H3/b23-12-. The number of methoxy groups -OCH3 is 1. The Morgan fingerprint density at radius 3 is 2.72 bits per heavy atom. The van der Waals surface area contributed by atoms with Crippen LogP contribution < -0.4 is 14.2 Å². The highest BCUT2D eigenvalue weighted by molar-refractivity contribution is 6.15. The number of hydrogen-bond acceptors (Lipinski definition) is 5. The van der Waals surface area contributed by atoms with Crippen LogP contribution in [0.2, 0.25) is 0 Å². The van der Waals surface area contributed by atoms with E-state index in [1.54, 1.807) is 25.3 Å². The lowest BCUT2D eigenvalue weighted by Crippen LogP contribution is -2.32. The Balaban J connectivity index is 1.43. The van der Waals surface area contributed by atoms with Gasteiger partial charge in [-0.1, -0.05) is 36.4 Å². The quantitative estimate of drug-likeness (QED) is 0.537. The molecule has 0 aromatic heterocycles. The average molecular weight is 431 g/mol. The van der Waals surface area contributed by atoms with Crippen LogP contribution in [0.3, 0.4) is 0 Å². The molecule has 0 saturated carbocycles. The number of hydrogen-bond donors (Lipinski definition) is 0. The van der Waals surface area contributed by atoms with E-state index in [2.05, 4.69) is 4.90 Å². The number of para-hydroxylation sites is 1. The maximum Gasteiger partial charge on any atom is 0.231 e. The monoisotopic (exact) mass is 431 g/mol. The molecule has 0 atom stereocenters. The second kappa shape index (κ2) is 8.13. The third-order valence-corrected chi connectivity index (χ3v) is 5.78. The fraction of sp³-hybridized carbons (Fsp3) is 0.192. The van der Waals surface area contributed by atoms with Gasteiger partial charge in [0.2, 0.25) is 5.78 Å². The molecule has 2 heterocycles. The van der Waals surface area contributed by atoms with Crippen molar-refractivity contribution in [3.8, 4) is 17.2 Å². The number of rotatable bonds is 4. The van der Waals surface area contributed by atoms with Gasteiger partial charge in [-0.15, -0.1) is 0 Å². The fourth-order valence-corrected chi connectivity index (χ4v) is 4.21. The zero-order valence-electron chi connectivity index (χ0n) is 17.9. The predicted octanol–water partition coefficient (Wildman–Crippen LogP) is 5.11. The largest absolute Gasteiger partial charge is 0.496 e. The van der Waals surface area contributed by atoms with Crippen LogP contribution in [-0.4, -0.2) is 24.5 Å². The van der Waals surface area contributed by atoms with E-state index in [1.807, 2.05) is 37.3 Å². The molecule has 0 unspecified atom stereocenters. The van der Waals surface area contributed by atoms with Crippen LogP contribution in [0.1, 0.15) is 32.6 Å². The van der Waals surface area contributed by atoms with Gasteiger partial charge in [-0.05, 0) is 31.2 Å². The highest BCUT2D eigenvalue weighted by Gasteiger charge is 2.33. The number of carbonyl (C=O) groups is 1. The van der Waals surface area contributed by atoms with Crippen molar-refractivity contribution >= 4 is 11.9 Å². The van der Waals surface area contributed by atoms with Gasteiger partial charge in [-0.2, -0.15) is 0 Å². The SMILES string of the molecule is COc1ccccc1CN1COc2c(cc3c(c2C)O/C(=C\c2ccccc2F)C3=O)C1. The van der Waals surface area contributed by atoms with Gasteiger partial charge in [-0.25, -0.2) is 4.39 Å². The summed E-state index contributed by atoms with van der Waals surface area (Å²) in [4.78, 5) is 15.2. The Kier molecular flexibility index (Phi) is 5.15. The third-order valence-electron chi connectivity index (χ3n) is 5.78. The van der Waals surface area contributed by atoms with Gasteiger partial charge in [-0.3, -0.25) is 9.69 Å². The van der Waals surface area contributed by atoms with E-state index < -0.39 is 5.82 Å². The first kappa shape index (κ1) is 20.3. The highest BCUT2D eigenvalue weighted by atomic mass is 19.1. The highest BCUT2D eigenvalue weighted by Crippen LogP contribution is 2.43. The Morgan fingerprint density at radius 2 is 1.91 bits per heavy atom. The molecule has 6 heteroatoms. The first-order valence-electron chi connectivity index (χ1n) is 10.4. The lowest BCUT2D eigenvalue weighted by atomic mass is 9.99. The molecule has 0 amide bonds. The molecule has 0 saturated heterocycles. The molecular formula is C26H22FNO4. The van der Waals surface area contributed by atoms with Crippen molar-refractivity contribution in [3.05, 3.63) is 94.0 Å². The summed E-state index contributed by atoms with van der Waals surface area (Å²) < 4.78 is 31.4. The number of ether oxygens (including phenoxy) is 3. The van der Waals surface area contributed by atoms with Crippen molar-refractivity contribution in [1.29, 1.82) is 0 Å². The maximum atomic E-state index is 14.1. The summed E-state index contributed by atoms with van der Waals surface area (Å²) in [5.41, 5.74) is 3.55. The molecule has 3 aromatic rings. The Labute approximate surface area is 185 Å². The molecule has 5 nitrogen and oxygen atoms in total. The molecule has 0 bridgehead atoms. The predicted molar refractivity (Wildman–Crippen MR) is 118 cm³/mol. The van der Waals surface area contributed by atoms with Crippen molar-refractivity contribution in [2.24, 2.45) is 0 Å². The summed E-state index contributed by atoms with van der Waals surface area (Å²) in [6, 6.07) is 16.0. The van der Waals surface area contributed by atoms with Gasteiger partial charge < -0.3 is 14.2 Å². The van der Waals surface area contributed by atoms with Crippen LogP contribution in [-0.2, 0) is 13.1 Å². The molecule has 0 fully saturated rings. The van der Waals surface area contributed by atoms with Gasteiger partial charge in [0.15, 0.2) is 5.76 Å². The topological polar surface area (TPSA) is 48.0 Å². The van der Waals surface area contributed by atoms with E-state index in [-0.39, 0.29) is 11.5 Å². The molecule has 0 radical (unpaired) electrons. The molecule has 0 spiro atoms. The molecule has 3 aromatic carbocycles. The summed E-state index contributed by atoms with van der Waals surface area (Å²) in [6.07, 6.45) is 1.45. The number of carbonyl (C=O) groups excluding carboxylic acids is 1. The minimum Gasteiger partial charge on any atom is -0.496 e. The van der Waals surface area contributed by atoms with Gasteiger partial charge in [0, 0.05) is 35.3 Å². The Bertz CT molecular complexity index is 1250. The minimum atomic E-state index is -0.404. The van der Waals surface area contributed by atoms with E-state index in [9.17, 15) is 9.18 Å². The van der Waals surface area contributed by atoms with Crippen LogP contribution >= 0.6 is 0 Å². The second-order valence-electron chi connectivity index (χ2n) is 7.90. The molecule has 2 aliphatic rings. The lowest BCUT2D eigenvalue weighted by molar-refractivity contribution is 0.0869. The molecule has 0 N–H and O–H groups in total. The van der Waals surface area contributed by atoms with E-state index in [0.29, 0.717) is 36.7 Å². The zero-order chi connectivity index (χ0) is 22.2. The number of fused-ring (bicyclic) bond motifs is 2. The van der Waals surface area contributed by atoms with E-state index >= 15 is 0 Å². The Hall–Kier alpha value is -3.64. The van der Waals surface area contributed by atoms with Crippen LogP contribution in [0.4, 0.5) is 4.39 Å². The summed E-state index contributed by atoms with van der Waals surface area (Å²) in [7, 11) is 1.66. The number of benzene rings is 3. The van der Waals surface area contributed by atoms with Gasteiger partial charge in [0.05, 0.1) is 12.7 Å². The molecule has 5 rings (SSSR count). The second-order valence-corrected chi connectivity index (χ2v) is 7.90. The molecule has 162 valence electrons. The summed E-state index contributed by atoms with van der Waals surface area (Å²) in [5, 5.41) is 0. The van der Waals surface area contributed by atoms with Gasteiger partial charge in [0.1, 0.15) is 29.8 Å². The summed E-state index contributed by atoms with van der Waals surface area (Å²) in [6.45, 7) is 3.58. The fourth-order valence-electron chi connectivity index (χ4n) is 4.21. The molecule has 32 heavy (non-hydrogen) atoms. The Morgan fingerprint density at radius 1 is 1.12 bits per heavy atom. The van der Waals surface area contributed by atoms with Crippen molar-refractivity contribution in [2.45, 2.75) is 20.0 Å². The smallest absolute Gasteiger partial charge is 0.231 e. The van der Waals surface area contributed by atoms with Crippen molar-refractivity contribution in [1.82, 2.24) is 4.90 Å². The molecular weight excluding hydrogens is 409 g/mol. The molecule has 2 aliphatic heterocycles. The third kappa shape index (κ3) is 3.52. The van der Waals surface area contributed by atoms with E-state index in [0.717, 1.165) is 28.2 Å². The number of nitrogens with zero attached hydrogens (tertiary/aromatic N) is 1. The van der Waals surface area contributed by atoms with Crippen molar-refractivity contribution in [2.75, 3.05) is 13.8 Å². The summed E-state index contributed by atoms with van der Waals surface area (Å²) in [5.74, 6) is 1.50. The lowest BCUT2D eigenvalue weighted by Gasteiger charge is -2.30. The summed E-state index contributed by atoms with van der Waals surface area (Å²) >= 11 is 0. The maximum absolute atomic E-state index is 14.1.